The van der Waals surface area contributed by atoms with Crippen LogP contribution in [0.1, 0.15) is 24.0 Å². The molecule has 0 bridgehead atoms. The summed E-state index contributed by atoms with van der Waals surface area (Å²) in [6.07, 6.45) is 3.81. The molecule has 0 aromatic heterocycles. The van der Waals surface area contributed by atoms with Crippen molar-refractivity contribution in [3.63, 3.8) is 0 Å². The van der Waals surface area contributed by atoms with Crippen LogP contribution in [0.15, 0.2) is 41.4 Å². The van der Waals surface area contributed by atoms with E-state index in [2.05, 4.69) is 9.89 Å². The van der Waals surface area contributed by atoms with Crippen LogP contribution in [-0.4, -0.2) is 19.3 Å². The number of aliphatic imine (C=N–C) groups is 1. The lowest BCUT2D eigenvalue weighted by atomic mass is 10.1. The third kappa shape index (κ3) is 3.16. The predicted octanol–water partition coefficient (Wildman–Crippen LogP) is 4.62. The van der Waals surface area contributed by atoms with Gasteiger partial charge in [0.1, 0.15) is 11.6 Å². The highest BCUT2D eigenvalue weighted by atomic mass is 19.1. The van der Waals surface area contributed by atoms with E-state index in [0.717, 1.165) is 31.5 Å². The molecule has 1 heterocycles. The van der Waals surface area contributed by atoms with Gasteiger partial charge < -0.3 is 4.90 Å². The lowest BCUT2D eigenvalue weighted by molar-refractivity contribution is 0.622. The Bertz CT molecular complexity index is 704. The fourth-order valence-corrected chi connectivity index (χ4v) is 2.72. The standard InChI is InChI=1S/C18H18F2N2/c1-13-9-18(22-7-2-3-8-22)17(20)10-14(13)12-21-16-6-4-5-15(19)11-16/h4-6,9-12H,2-3,7-8H2,1H3. The van der Waals surface area contributed by atoms with Crippen molar-refractivity contribution in [2.24, 2.45) is 4.99 Å². The fourth-order valence-electron chi connectivity index (χ4n) is 2.72. The number of aryl methyl sites for hydroxylation is 1. The molecular formula is C18H18F2N2. The summed E-state index contributed by atoms with van der Waals surface area (Å²) in [4.78, 5) is 6.30. The van der Waals surface area contributed by atoms with Gasteiger partial charge >= 0.3 is 0 Å². The van der Waals surface area contributed by atoms with Gasteiger partial charge in [-0.25, -0.2) is 8.78 Å². The zero-order valence-corrected chi connectivity index (χ0v) is 12.5. The lowest BCUT2D eigenvalue weighted by Crippen LogP contribution is -2.19. The highest BCUT2D eigenvalue weighted by Gasteiger charge is 2.17. The van der Waals surface area contributed by atoms with Crippen molar-refractivity contribution in [2.45, 2.75) is 19.8 Å². The summed E-state index contributed by atoms with van der Waals surface area (Å²) in [5.74, 6) is -0.560. The third-order valence-corrected chi connectivity index (χ3v) is 3.94. The molecule has 2 nitrogen and oxygen atoms in total. The Morgan fingerprint density at radius 3 is 2.59 bits per heavy atom. The van der Waals surface area contributed by atoms with E-state index in [1.165, 1.54) is 18.2 Å². The summed E-state index contributed by atoms with van der Waals surface area (Å²) in [6.45, 7) is 3.76. The summed E-state index contributed by atoms with van der Waals surface area (Å²) in [7, 11) is 0. The zero-order chi connectivity index (χ0) is 15.5. The Labute approximate surface area is 129 Å². The molecule has 0 N–H and O–H groups in total. The zero-order valence-electron chi connectivity index (χ0n) is 12.5. The molecule has 0 unspecified atom stereocenters. The highest BCUT2D eigenvalue weighted by Crippen LogP contribution is 2.26. The number of halogens is 2. The Morgan fingerprint density at radius 1 is 1.09 bits per heavy atom. The van der Waals surface area contributed by atoms with E-state index >= 15 is 0 Å². The van der Waals surface area contributed by atoms with Gasteiger partial charge in [0.2, 0.25) is 0 Å². The minimum atomic E-state index is -0.332. The first-order valence-electron chi connectivity index (χ1n) is 7.48. The molecule has 1 saturated heterocycles. The number of benzene rings is 2. The van der Waals surface area contributed by atoms with Crippen molar-refractivity contribution in [3.8, 4) is 0 Å². The van der Waals surface area contributed by atoms with E-state index in [4.69, 9.17) is 0 Å². The molecule has 3 rings (SSSR count). The third-order valence-electron chi connectivity index (χ3n) is 3.94. The second-order valence-electron chi connectivity index (χ2n) is 5.59. The van der Waals surface area contributed by atoms with Gasteiger partial charge in [0.05, 0.1) is 11.4 Å². The summed E-state index contributed by atoms with van der Waals surface area (Å²) < 4.78 is 27.4. The summed E-state index contributed by atoms with van der Waals surface area (Å²) in [5.41, 5.74) is 2.86. The number of nitrogens with zero attached hydrogens (tertiary/aromatic N) is 2. The van der Waals surface area contributed by atoms with Gasteiger partial charge in [-0.2, -0.15) is 0 Å². The molecule has 22 heavy (non-hydrogen) atoms. The number of hydrogen-bond acceptors (Lipinski definition) is 2. The molecule has 0 atom stereocenters. The van der Waals surface area contributed by atoms with E-state index in [1.807, 2.05) is 13.0 Å². The van der Waals surface area contributed by atoms with Crippen molar-refractivity contribution in [1.82, 2.24) is 0 Å². The van der Waals surface area contributed by atoms with Crippen molar-refractivity contribution < 1.29 is 8.78 Å². The Kier molecular flexibility index (Phi) is 4.18. The minimum Gasteiger partial charge on any atom is -0.369 e. The topological polar surface area (TPSA) is 15.6 Å². The van der Waals surface area contributed by atoms with Crippen LogP contribution in [0.25, 0.3) is 0 Å². The van der Waals surface area contributed by atoms with Gasteiger partial charge in [-0.1, -0.05) is 6.07 Å². The quantitative estimate of drug-likeness (QED) is 0.755. The maximum atomic E-state index is 14.3. The van der Waals surface area contributed by atoms with Crippen LogP contribution in [0.5, 0.6) is 0 Å². The fraction of sp³-hybridized carbons (Fsp3) is 0.278. The van der Waals surface area contributed by atoms with Gasteiger partial charge in [-0.05, 0) is 61.2 Å². The van der Waals surface area contributed by atoms with E-state index in [-0.39, 0.29) is 11.6 Å². The Morgan fingerprint density at radius 2 is 1.86 bits per heavy atom. The second-order valence-corrected chi connectivity index (χ2v) is 5.59. The largest absolute Gasteiger partial charge is 0.369 e. The Balaban J connectivity index is 1.86. The smallest absolute Gasteiger partial charge is 0.147 e. The molecule has 4 heteroatoms. The summed E-state index contributed by atoms with van der Waals surface area (Å²) in [5, 5.41) is 0. The monoisotopic (exact) mass is 300 g/mol. The molecule has 2 aromatic carbocycles. The normalized spacial score (nSPS) is 15.0. The van der Waals surface area contributed by atoms with Crippen LogP contribution in [-0.2, 0) is 0 Å². The van der Waals surface area contributed by atoms with Gasteiger partial charge in [0.25, 0.3) is 0 Å². The predicted molar refractivity (Wildman–Crippen MR) is 86.2 cm³/mol. The molecule has 0 saturated carbocycles. The van der Waals surface area contributed by atoms with Crippen LogP contribution in [0.4, 0.5) is 20.2 Å². The van der Waals surface area contributed by atoms with Crippen LogP contribution in [0, 0.1) is 18.6 Å². The first-order valence-corrected chi connectivity index (χ1v) is 7.48. The minimum absolute atomic E-state index is 0.229. The molecular weight excluding hydrogens is 282 g/mol. The molecule has 0 spiro atoms. The maximum Gasteiger partial charge on any atom is 0.147 e. The molecule has 1 fully saturated rings. The van der Waals surface area contributed by atoms with Gasteiger partial charge in [-0.3, -0.25) is 4.99 Å². The van der Waals surface area contributed by atoms with Gasteiger partial charge in [0, 0.05) is 19.3 Å². The molecule has 114 valence electrons. The van der Waals surface area contributed by atoms with Crippen LogP contribution >= 0.6 is 0 Å². The maximum absolute atomic E-state index is 14.3. The molecule has 0 amide bonds. The number of rotatable bonds is 3. The van der Waals surface area contributed by atoms with Crippen LogP contribution in [0.2, 0.25) is 0 Å². The molecule has 1 aliphatic rings. The number of anilines is 1. The summed E-state index contributed by atoms with van der Waals surface area (Å²) >= 11 is 0. The van der Waals surface area contributed by atoms with E-state index < -0.39 is 0 Å². The second kappa shape index (κ2) is 6.26. The first kappa shape index (κ1) is 14.7. The average molecular weight is 300 g/mol. The Hall–Kier alpha value is -2.23. The first-order chi connectivity index (χ1) is 10.6. The molecule has 1 aliphatic heterocycles. The average Bonchev–Trinajstić information content (AvgIpc) is 3.02. The van der Waals surface area contributed by atoms with Crippen molar-refractivity contribution in [2.75, 3.05) is 18.0 Å². The number of hydrogen-bond donors (Lipinski definition) is 0. The van der Waals surface area contributed by atoms with E-state index in [0.29, 0.717) is 16.9 Å². The van der Waals surface area contributed by atoms with Crippen LogP contribution < -0.4 is 4.90 Å². The lowest BCUT2D eigenvalue weighted by Gasteiger charge is -2.19. The van der Waals surface area contributed by atoms with Crippen LogP contribution in [0.3, 0.4) is 0 Å². The van der Waals surface area contributed by atoms with Gasteiger partial charge in [0.15, 0.2) is 0 Å². The van der Waals surface area contributed by atoms with E-state index in [1.54, 1.807) is 18.3 Å². The molecule has 0 radical (unpaired) electrons. The SMILES string of the molecule is Cc1cc(N2CCCC2)c(F)cc1C=Nc1cccc(F)c1. The summed E-state index contributed by atoms with van der Waals surface area (Å²) in [6, 6.07) is 9.41. The van der Waals surface area contributed by atoms with E-state index in [9.17, 15) is 8.78 Å². The van der Waals surface area contributed by atoms with Crippen molar-refractivity contribution in [1.29, 1.82) is 0 Å². The molecule has 2 aromatic rings. The van der Waals surface area contributed by atoms with Crippen molar-refractivity contribution >= 4 is 17.6 Å². The van der Waals surface area contributed by atoms with Gasteiger partial charge in [-0.15, -0.1) is 0 Å². The molecule has 0 aliphatic carbocycles. The highest BCUT2D eigenvalue weighted by molar-refractivity contribution is 5.84. The van der Waals surface area contributed by atoms with Crippen molar-refractivity contribution in [3.05, 3.63) is 59.2 Å².